The van der Waals surface area contributed by atoms with Crippen LogP contribution >= 0.6 is 23.1 Å². The Morgan fingerprint density at radius 1 is 1.39 bits per heavy atom. The predicted molar refractivity (Wildman–Crippen MR) is 117 cm³/mol. The van der Waals surface area contributed by atoms with Crippen LogP contribution < -0.4 is 4.80 Å². The first kappa shape index (κ1) is 21.5. The van der Waals surface area contributed by atoms with Crippen LogP contribution in [0.25, 0.3) is 10.2 Å². The fourth-order valence-corrected chi connectivity index (χ4v) is 5.85. The first-order valence-corrected chi connectivity index (χ1v) is 13.5. The highest BCUT2D eigenvalue weighted by Crippen LogP contribution is 2.22. The number of amides is 1. The monoisotopic (exact) mass is 441 g/mol. The van der Waals surface area contributed by atoms with Crippen LogP contribution in [0.2, 0.25) is 0 Å². The summed E-state index contributed by atoms with van der Waals surface area (Å²) in [5.74, 6) is 0.357. The molecular weight excluding hydrogens is 414 g/mol. The summed E-state index contributed by atoms with van der Waals surface area (Å²) in [4.78, 5) is 18.0. The molecule has 6 nitrogen and oxygen atoms in total. The number of thiazole rings is 1. The highest BCUT2D eigenvalue weighted by Gasteiger charge is 2.30. The van der Waals surface area contributed by atoms with Crippen molar-refractivity contribution in [3.05, 3.63) is 28.6 Å². The fraction of sp³-hybridized carbons (Fsp3) is 0.579. The van der Waals surface area contributed by atoms with Gasteiger partial charge in [0.2, 0.25) is 10.0 Å². The summed E-state index contributed by atoms with van der Waals surface area (Å²) < 4.78 is 28.3. The molecule has 1 fully saturated rings. The maximum atomic E-state index is 12.9. The number of rotatable bonds is 6. The van der Waals surface area contributed by atoms with Crippen molar-refractivity contribution in [2.24, 2.45) is 10.9 Å². The van der Waals surface area contributed by atoms with Crippen molar-refractivity contribution in [2.45, 2.75) is 32.7 Å². The summed E-state index contributed by atoms with van der Waals surface area (Å²) in [6, 6.07) is 6.41. The van der Waals surface area contributed by atoms with E-state index >= 15 is 0 Å². The molecule has 1 atom stereocenters. The van der Waals surface area contributed by atoms with Gasteiger partial charge in [0.15, 0.2) is 4.80 Å². The molecule has 9 heteroatoms. The van der Waals surface area contributed by atoms with E-state index in [2.05, 4.69) is 40.9 Å². The van der Waals surface area contributed by atoms with Gasteiger partial charge in [-0.1, -0.05) is 24.3 Å². The number of piperidine rings is 1. The zero-order valence-electron chi connectivity index (χ0n) is 16.6. The Bertz CT molecular complexity index is 1020. The van der Waals surface area contributed by atoms with E-state index in [0.717, 1.165) is 28.9 Å². The molecule has 1 aromatic carbocycles. The Morgan fingerprint density at radius 3 is 2.86 bits per heavy atom. The van der Waals surface area contributed by atoms with Crippen molar-refractivity contribution in [3.63, 3.8) is 0 Å². The van der Waals surface area contributed by atoms with Gasteiger partial charge in [0.1, 0.15) is 0 Å². The molecule has 2 aromatic rings. The SMILES string of the molecule is CCc1ccc2c(c1)sc(=NC(=O)C1CCCN(S(C)(=O)=O)C1)n2CCSC. The summed E-state index contributed by atoms with van der Waals surface area (Å²) >= 11 is 3.30. The molecule has 1 unspecified atom stereocenters. The molecule has 1 saturated heterocycles. The van der Waals surface area contributed by atoms with Crippen LogP contribution in [0.4, 0.5) is 0 Å². The maximum absolute atomic E-state index is 12.9. The van der Waals surface area contributed by atoms with Crippen LogP contribution in [0.15, 0.2) is 23.2 Å². The van der Waals surface area contributed by atoms with E-state index in [9.17, 15) is 13.2 Å². The Balaban J connectivity index is 1.96. The number of hydrogen-bond donors (Lipinski definition) is 0. The molecule has 154 valence electrons. The number of aromatic nitrogens is 1. The van der Waals surface area contributed by atoms with Crippen molar-refractivity contribution in [1.29, 1.82) is 0 Å². The van der Waals surface area contributed by atoms with Gasteiger partial charge >= 0.3 is 0 Å². The molecule has 1 aromatic heterocycles. The van der Waals surface area contributed by atoms with Gasteiger partial charge in [0.25, 0.3) is 5.91 Å². The molecule has 0 aliphatic carbocycles. The zero-order valence-corrected chi connectivity index (χ0v) is 19.0. The summed E-state index contributed by atoms with van der Waals surface area (Å²) in [6.45, 7) is 3.64. The van der Waals surface area contributed by atoms with Crippen LogP contribution in [-0.4, -0.2) is 54.6 Å². The van der Waals surface area contributed by atoms with E-state index in [0.29, 0.717) is 24.2 Å². The van der Waals surface area contributed by atoms with E-state index in [1.807, 2.05) is 0 Å². The van der Waals surface area contributed by atoms with E-state index in [1.165, 1.54) is 27.5 Å². The fourth-order valence-electron chi connectivity index (χ4n) is 3.45. The number of nitrogens with zero attached hydrogens (tertiary/aromatic N) is 3. The number of carbonyl (C=O) groups is 1. The van der Waals surface area contributed by atoms with Crippen molar-refractivity contribution < 1.29 is 13.2 Å². The standard InChI is InChI=1S/C19H27N3O3S3/c1-4-14-7-8-16-17(12-14)27-19(22(16)10-11-26-2)20-18(23)15-6-5-9-21(13-15)28(3,24)25/h7-8,12,15H,4-6,9-11,13H2,1-3H3. The van der Waals surface area contributed by atoms with E-state index < -0.39 is 10.0 Å². The third kappa shape index (κ3) is 4.87. The van der Waals surface area contributed by atoms with Crippen molar-refractivity contribution in [1.82, 2.24) is 8.87 Å². The molecule has 1 amide bonds. The molecule has 0 saturated carbocycles. The smallest absolute Gasteiger partial charge is 0.252 e. The number of thioether (sulfide) groups is 1. The average Bonchev–Trinajstić information content (AvgIpc) is 3.01. The Labute approximate surface area is 174 Å². The Kier molecular flexibility index (Phi) is 7.01. The van der Waals surface area contributed by atoms with Gasteiger partial charge in [-0.05, 0) is 43.2 Å². The van der Waals surface area contributed by atoms with Gasteiger partial charge in [0, 0.05) is 25.4 Å². The van der Waals surface area contributed by atoms with Crippen LogP contribution in [0.1, 0.15) is 25.3 Å². The highest BCUT2D eigenvalue weighted by atomic mass is 32.2. The summed E-state index contributed by atoms with van der Waals surface area (Å²) in [6.07, 6.45) is 5.61. The Hall–Kier alpha value is -1.16. The number of aryl methyl sites for hydroxylation is 2. The lowest BCUT2D eigenvalue weighted by Gasteiger charge is -2.28. The molecule has 1 aliphatic rings. The van der Waals surface area contributed by atoms with E-state index in [1.54, 1.807) is 11.8 Å². The first-order valence-electron chi connectivity index (χ1n) is 9.48. The largest absolute Gasteiger partial charge is 0.316 e. The minimum Gasteiger partial charge on any atom is -0.316 e. The molecule has 0 radical (unpaired) electrons. The van der Waals surface area contributed by atoms with Crippen LogP contribution in [0.5, 0.6) is 0 Å². The van der Waals surface area contributed by atoms with Crippen molar-refractivity contribution in [3.8, 4) is 0 Å². The van der Waals surface area contributed by atoms with Crippen LogP contribution in [0, 0.1) is 5.92 Å². The molecule has 0 spiro atoms. The zero-order chi connectivity index (χ0) is 20.3. The van der Waals surface area contributed by atoms with Gasteiger partial charge in [-0.3, -0.25) is 4.79 Å². The summed E-state index contributed by atoms with van der Waals surface area (Å²) in [7, 11) is -3.28. The van der Waals surface area contributed by atoms with Crippen LogP contribution in [0.3, 0.4) is 0 Å². The number of hydrogen-bond acceptors (Lipinski definition) is 5. The minimum atomic E-state index is -3.28. The second-order valence-electron chi connectivity index (χ2n) is 7.09. The van der Waals surface area contributed by atoms with Gasteiger partial charge in [-0.25, -0.2) is 12.7 Å². The number of benzene rings is 1. The summed E-state index contributed by atoms with van der Waals surface area (Å²) in [5.41, 5.74) is 2.36. The predicted octanol–water partition coefficient (Wildman–Crippen LogP) is 2.73. The molecule has 28 heavy (non-hydrogen) atoms. The lowest BCUT2D eigenvalue weighted by atomic mass is 9.99. The second-order valence-corrected chi connectivity index (χ2v) is 11.1. The topological polar surface area (TPSA) is 71.7 Å². The maximum Gasteiger partial charge on any atom is 0.252 e. The Morgan fingerprint density at radius 2 is 2.18 bits per heavy atom. The molecule has 3 rings (SSSR count). The van der Waals surface area contributed by atoms with Gasteiger partial charge in [-0.15, -0.1) is 0 Å². The van der Waals surface area contributed by atoms with E-state index in [-0.39, 0.29) is 18.4 Å². The third-order valence-electron chi connectivity index (χ3n) is 5.08. The second kappa shape index (κ2) is 9.11. The normalized spacial score (nSPS) is 19.4. The third-order valence-corrected chi connectivity index (χ3v) is 7.98. The molecule has 0 bridgehead atoms. The minimum absolute atomic E-state index is 0.214. The molecular formula is C19H27N3O3S3. The summed E-state index contributed by atoms with van der Waals surface area (Å²) in [5, 5.41) is 0. The van der Waals surface area contributed by atoms with Gasteiger partial charge in [-0.2, -0.15) is 16.8 Å². The highest BCUT2D eigenvalue weighted by molar-refractivity contribution is 7.98. The number of carbonyl (C=O) groups excluding carboxylic acids is 1. The number of sulfonamides is 1. The number of fused-ring (bicyclic) bond motifs is 1. The quantitative estimate of drug-likeness (QED) is 0.691. The lowest BCUT2D eigenvalue weighted by molar-refractivity contribution is -0.122. The van der Waals surface area contributed by atoms with Crippen molar-refractivity contribution >= 4 is 49.2 Å². The van der Waals surface area contributed by atoms with E-state index in [4.69, 9.17) is 0 Å². The molecule has 2 heterocycles. The van der Waals surface area contributed by atoms with Gasteiger partial charge < -0.3 is 4.57 Å². The van der Waals surface area contributed by atoms with Crippen LogP contribution in [-0.2, 0) is 27.8 Å². The lowest BCUT2D eigenvalue weighted by Crippen LogP contribution is -2.41. The van der Waals surface area contributed by atoms with Gasteiger partial charge in [0.05, 0.1) is 22.4 Å². The molecule has 0 N–H and O–H groups in total. The molecule has 1 aliphatic heterocycles. The first-order chi connectivity index (χ1) is 13.3. The van der Waals surface area contributed by atoms with Crippen molar-refractivity contribution in [2.75, 3.05) is 31.4 Å². The average molecular weight is 442 g/mol.